The van der Waals surface area contributed by atoms with Gasteiger partial charge in [0.2, 0.25) is 5.91 Å². The number of amides is 1. The number of aliphatic hydroxyl groups excluding tert-OH is 1. The number of carbonyl (C=O) groups excluding carboxylic acids is 1. The lowest BCUT2D eigenvalue weighted by atomic mass is 10.0. The molecule has 0 aliphatic carbocycles. The van der Waals surface area contributed by atoms with E-state index in [-0.39, 0.29) is 25.7 Å². The largest absolute Gasteiger partial charge is 0.472 e. The lowest BCUT2D eigenvalue weighted by Crippen LogP contribution is -2.46. The number of rotatable bonds is 49. The minimum absolute atomic E-state index is 0.0928. The summed E-state index contributed by atoms with van der Waals surface area (Å²) >= 11 is 0. The molecule has 0 saturated carbocycles. The predicted octanol–water partition coefficient (Wildman–Crippen LogP) is 15.0. The second-order valence-electron chi connectivity index (χ2n) is 17.7. The molecule has 5 N–H and O–H groups in total. The number of phosphoric ester groups is 1. The second kappa shape index (κ2) is 46.0. The first-order valence-electron chi connectivity index (χ1n) is 25.7. The van der Waals surface area contributed by atoms with Crippen LogP contribution in [0.5, 0.6) is 0 Å². The van der Waals surface area contributed by atoms with Crippen LogP contribution in [0.2, 0.25) is 0 Å². The maximum atomic E-state index is 12.8. The molecule has 58 heavy (non-hydrogen) atoms. The summed E-state index contributed by atoms with van der Waals surface area (Å²) in [5, 5.41) is 13.9. The maximum Gasteiger partial charge on any atom is 0.472 e. The van der Waals surface area contributed by atoms with Crippen molar-refractivity contribution in [1.29, 1.82) is 0 Å². The number of hydrogen-bond acceptors (Lipinski definition) is 6. The van der Waals surface area contributed by atoms with E-state index in [1.807, 2.05) is 0 Å². The van der Waals surface area contributed by atoms with Gasteiger partial charge in [0.25, 0.3) is 0 Å². The van der Waals surface area contributed by atoms with Gasteiger partial charge in [-0.25, -0.2) is 4.57 Å². The van der Waals surface area contributed by atoms with Gasteiger partial charge in [-0.15, -0.1) is 0 Å². The Hall–Kier alpha value is -0.500. The van der Waals surface area contributed by atoms with Crippen LogP contribution >= 0.6 is 7.82 Å². The van der Waals surface area contributed by atoms with Crippen molar-refractivity contribution >= 4 is 13.7 Å². The fourth-order valence-corrected chi connectivity index (χ4v) is 8.84. The third kappa shape index (κ3) is 43.6. The van der Waals surface area contributed by atoms with Gasteiger partial charge >= 0.3 is 7.82 Å². The van der Waals surface area contributed by atoms with E-state index in [4.69, 9.17) is 14.8 Å². The van der Waals surface area contributed by atoms with E-state index in [0.717, 1.165) is 38.5 Å². The topological polar surface area (TPSA) is 131 Å². The zero-order valence-corrected chi connectivity index (χ0v) is 39.7. The summed E-state index contributed by atoms with van der Waals surface area (Å²) in [7, 11) is -4.31. The fraction of sp³-hybridized carbons (Fsp3) is 0.980. The van der Waals surface area contributed by atoms with Gasteiger partial charge in [0.05, 0.1) is 25.4 Å². The summed E-state index contributed by atoms with van der Waals surface area (Å²) in [4.78, 5) is 22.8. The Balaban J connectivity index is 4.01. The molecule has 0 aromatic heterocycles. The summed E-state index contributed by atoms with van der Waals surface area (Å²) in [6.07, 6.45) is 51.2. The van der Waals surface area contributed by atoms with E-state index in [0.29, 0.717) is 12.8 Å². The van der Waals surface area contributed by atoms with Crippen LogP contribution in [-0.2, 0) is 18.4 Å². The number of carbonyl (C=O) groups is 1. The van der Waals surface area contributed by atoms with Gasteiger partial charge in [-0.05, 0) is 12.8 Å². The van der Waals surface area contributed by atoms with Gasteiger partial charge in [0, 0.05) is 13.0 Å². The number of hydrogen-bond donors (Lipinski definition) is 4. The van der Waals surface area contributed by atoms with E-state index >= 15 is 0 Å². The van der Waals surface area contributed by atoms with Crippen molar-refractivity contribution in [2.45, 2.75) is 289 Å². The van der Waals surface area contributed by atoms with Crippen LogP contribution < -0.4 is 11.1 Å². The fourth-order valence-electron chi connectivity index (χ4n) is 8.08. The average molecular weight is 845 g/mol. The van der Waals surface area contributed by atoms with Gasteiger partial charge in [-0.3, -0.25) is 13.8 Å². The zero-order valence-electron chi connectivity index (χ0n) is 38.8. The van der Waals surface area contributed by atoms with Gasteiger partial charge in [-0.2, -0.15) is 0 Å². The van der Waals surface area contributed by atoms with Crippen molar-refractivity contribution in [3.8, 4) is 0 Å². The van der Waals surface area contributed by atoms with Crippen LogP contribution in [0.25, 0.3) is 0 Å². The molecule has 0 aliphatic rings. The van der Waals surface area contributed by atoms with E-state index in [1.165, 1.54) is 212 Å². The molecule has 0 aliphatic heterocycles. The Kier molecular flexibility index (Phi) is 45.6. The highest BCUT2D eigenvalue weighted by Gasteiger charge is 2.27. The van der Waals surface area contributed by atoms with E-state index in [2.05, 4.69) is 19.2 Å². The highest BCUT2D eigenvalue weighted by Crippen LogP contribution is 2.43. The second-order valence-corrected chi connectivity index (χ2v) is 19.2. The Labute approximate surface area is 361 Å². The van der Waals surface area contributed by atoms with Gasteiger partial charge in [0.15, 0.2) is 0 Å². The zero-order chi connectivity index (χ0) is 42.5. The third-order valence-corrected chi connectivity index (χ3v) is 12.9. The lowest BCUT2D eigenvalue weighted by Gasteiger charge is -2.25. The monoisotopic (exact) mass is 845 g/mol. The van der Waals surface area contributed by atoms with Crippen molar-refractivity contribution in [2.24, 2.45) is 5.73 Å². The smallest absolute Gasteiger partial charge is 0.391 e. The van der Waals surface area contributed by atoms with E-state index in [1.54, 1.807) is 0 Å². The van der Waals surface area contributed by atoms with Crippen LogP contribution in [0.4, 0.5) is 0 Å². The third-order valence-electron chi connectivity index (χ3n) is 12.0. The molecule has 0 bridgehead atoms. The number of unbranched alkanes of at least 4 members (excludes halogenated alkanes) is 37. The molecule has 3 atom stereocenters. The highest BCUT2D eigenvalue weighted by molar-refractivity contribution is 7.47. The van der Waals surface area contributed by atoms with Crippen LogP contribution in [-0.4, -0.2) is 47.8 Å². The van der Waals surface area contributed by atoms with Crippen molar-refractivity contribution in [2.75, 3.05) is 19.8 Å². The molecule has 0 saturated heterocycles. The minimum atomic E-state index is -4.31. The van der Waals surface area contributed by atoms with Gasteiger partial charge in [0.1, 0.15) is 0 Å². The highest BCUT2D eigenvalue weighted by atomic mass is 31.2. The molecule has 0 rings (SSSR count). The molecule has 0 aromatic rings. The normalized spacial score (nSPS) is 13.8. The SMILES string of the molecule is CCCCCCCCCCCCCCCCCCCCCCCC(O)C(COP(=O)(O)OCCN)NC(=O)CCCCCCCCCCCCCCCCCCCC. The minimum Gasteiger partial charge on any atom is -0.391 e. The Bertz CT molecular complexity index is 880. The molecule has 0 heterocycles. The first-order chi connectivity index (χ1) is 28.4. The summed E-state index contributed by atoms with van der Waals surface area (Å²) in [5.41, 5.74) is 5.40. The molecular formula is C49H101N2O6P. The maximum absolute atomic E-state index is 12.8. The van der Waals surface area contributed by atoms with Gasteiger partial charge < -0.3 is 21.1 Å². The number of aliphatic hydroxyl groups is 1. The standard InChI is InChI=1S/C49H101N2O6P/c1-3-5-7-9-11-13-15-17-19-21-23-24-25-26-28-30-32-34-36-38-40-42-48(52)47(46-57-58(54,55)56-45-44-50)51-49(53)43-41-39-37-35-33-31-29-27-22-20-18-16-14-12-10-8-6-4-2/h47-48,52H,3-46,50H2,1-2H3,(H,51,53)(H,54,55). The first kappa shape index (κ1) is 57.5. The first-order valence-corrected chi connectivity index (χ1v) is 27.1. The molecular weight excluding hydrogens is 744 g/mol. The van der Waals surface area contributed by atoms with E-state index < -0.39 is 20.0 Å². The molecule has 0 radical (unpaired) electrons. The molecule has 9 heteroatoms. The molecule has 0 fully saturated rings. The Morgan fingerprint density at radius 2 is 0.793 bits per heavy atom. The Morgan fingerprint density at radius 1 is 0.500 bits per heavy atom. The van der Waals surface area contributed by atoms with Crippen LogP contribution in [0.1, 0.15) is 277 Å². The van der Waals surface area contributed by atoms with E-state index in [9.17, 15) is 19.4 Å². The molecule has 0 aromatic carbocycles. The number of phosphoric acid groups is 1. The van der Waals surface area contributed by atoms with Crippen LogP contribution in [0.3, 0.4) is 0 Å². The summed E-state index contributed by atoms with van der Waals surface area (Å²) in [6.45, 7) is 4.26. The molecule has 8 nitrogen and oxygen atoms in total. The lowest BCUT2D eigenvalue weighted by molar-refractivity contribution is -0.123. The van der Waals surface area contributed by atoms with Crippen molar-refractivity contribution in [1.82, 2.24) is 5.32 Å². The average Bonchev–Trinajstić information content (AvgIpc) is 3.21. The van der Waals surface area contributed by atoms with Crippen molar-refractivity contribution < 1.29 is 28.4 Å². The predicted molar refractivity (Wildman–Crippen MR) is 249 cm³/mol. The number of nitrogens with one attached hydrogen (secondary N) is 1. The summed E-state index contributed by atoms with van der Waals surface area (Å²) < 4.78 is 22.3. The van der Waals surface area contributed by atoms with Crippen molar-refractivity contribution in [3.05, 3.63) is 0 Å². The summed E-state index contributed by atoms with van der Waals surface area (Å²) in [5.74, 6) is -0.154. The summed E-state index contributed by atoms with van der Waals surface area (Å²) in [6, 6.07) is -0.768. The van der Waals surface area contributed by atoms with Crippen LogP contribution in [0.15, 0.2) is 0 Å². The van der Waals surface area contributed by atoms with Crippen LogP contribution in [0, 0.1) is 0 Å². The molecule has 0 spiro atoms. The van der Waals surface area contributed by atoms with Crippen molar-refractivity contribution in [3.63, 3.8) is 0 Å². The number of nitrogens with two attached hydrogens (primary N) is 1. The quantitative estimate of drug-likeness (QED) is 0.0354. The molecule has 3 unspecified atom stereocenters. The Morgan fingerprint density at radius 3 is 1.10 bits per heavy atom. The molecule has 1 amide bonds. The molecule has 348 valence electrons. The van der Waals surface area contributed by atoms with Gasteiger partial charge in [-0.1, -0.05) is 258 Å².